The van der Waals surface area contributed by atoms with Gasteiger partial charge in [-0.05, 0) is 18.2 Å². The lowest BCUT2D eigenvalue weighted by Crippen LogP contribution is -2.22. The molecular formula is C20H15N3O2S. The number of thioether (sulfide) groups is 1. The number of hydrogen-bond acceptors (Lipinski definition) is 4. The van der Waals surface area contributed by atoms with E-state index in [0.717, 1.165) is 10.9 Å². The average Bonchev–Trinajstić information content (AvgIpc) is 3.05. The summed E-state index contributed by atoms with van der Waals surface area (Å²) in [4.78, 5) is 21.3. The van der Waals surface area contributed by atoms with Gasteiger partial charge in [0, 0.05) is 10.9 Å². The Morgan fingerprint density at radius 1 is 1.23 bits per heavy atom. The molecule has 5 nitrogen and oxygen atoms in total. The van der Waals surface area contributed by atoms with Crippen molar-refractivity contribution in [1.82, 2.24) is 14.5 Å². The van der Waals surface area contributed by atoms with Gasteiger partial charge in [-0.2, -0.15) is 0 Å². The normalized spacial score (nSPS) is 10.9. The minimum absolute atomic E-state index is 0.185. The second-order valence-corrected chi connectivity index (χ2v) is 6.54. The van der Waals surface area contributed by atoms with Crippen LogP contribution in [0.4, 0.5) is 0 Å². The van der Waals surface area contributed by atoms with Gasteiger partial charge in [-0.3, -0.25) is 4.79 Å². The van der Waals surface area contributed by atoms with Crippen molar-refractivity contribution in [2.45, 2.75) is 5.16 Å². The molecule has 0 aliphatic carbocycles. The summed E-state index contributed by atoms with van der Waals surface area (Å²) in [5, 5.41) is 1.45. The molecule has 0 saturated carbocycles. The number of fused-ring (bicyclic) bond motifs is 3. The monoisotopic (exact) mass is 361 g/mol. The van der Waals surface area contributed by atoms with Gasteiger partial charge < -0.3 is 9.72 Å². The van der Waals surface area contributed by atoms with Crippen molar-refractivity contribution in [3.8, 4) is 23.8 Å². The van der Waals surface area contributed by atoms with Crippen LogP contribution in [0.1, 0.15) is 0 Å². The van der Waals surface area contributed by atoms with Crippen molar-refractivity contribution in [1.29, 1.82) is 0 Å². The second kappa shape index (κ2) is 6.62. The maximum absolute atomic E-state index is 13.3. The molecule has 0 fully saturated rings. The van der Waals surface area contributed by atoms with Crippen LogP contribution in [0.15, 0.2) is 58.5 Å². The van der Waals surface area contributed by atoms with Gasteiger partial charge in [-0.1, -0.05) is 48.0 Å². The maximum atomic E-state index is 13.3. The SMILES string of the molecule is C#CCSc1nc2c([nH]c3ccccc32)c(=O)n1-c1ccccc1OC. The number of H-pyrrole nitrogens is 1. The number of para-hydroxylation sites is 3. The van der Waals surface area contributed by atoms with E-state index in [0.29, 0.717) is 33.4 Å². The smallest absolute Gasteiger partial charge is 0.283 e. The summed E-state index contributed by atoms with van der Waals surface area (Å²) in [6, 6.07) is 15.1. The number of benzene rings is 2. The first-order chi connectivity index (χ1) is 12.7. The first-order valence-corrected chi connectivity index (χ1v) is 8.96. The molecular weight excluding hydrogens is 346 g/mol. The molecule has 6 heteroatoms. The lowest BCUT2D eigenvalue weighted by Gasteiger charge is -2.14. The zero-order chi connectivity index (χ0) is 18.1. The Hall–Kier alpha value is -3.17. The Kier molecular flexibility index (Phi) is 4.15. The van der Waals surface area contributed by atoms with Crippen LogP contribution in [-0.2, 0) is 0 Å². The van der Waals surface area contributed by atoms with Crippen molar-refractivity contribution >= 4 is 33.7 Å². The zero-order valence-corrected chi connectivity index (χ0v) is 14.8. The van der Waals surface area contributed by atoms with Crippen LogP contribution in [0.5, 0.6) is 5.75 Å². The zero-order valence-electron chi connectivity index (χ0n) is 14.0. The van der Waals surface area contributed by atoms with Gasteiger partial charge in [-0.15, -0.1) is 6.42 Å². The van der Waals surface area contributed by atoms with E-state index in [9.17, 15) is 4.79 Å². The number of ether oxygens (including phenoxy) is 1. The standard InChI is InChI=1S/C20H15N3O2S/c1-3-12-26-20-22-17-13-8-4-5-9-14(13)21-18(17)19(24)23(20)15-10-6-7-11-16(15)25-2/h1,4-11,21H,12H2,2H3. The van der Waals surface area contributed by atoms with Gasteiger partial charge in [0.15, 0.2) is 5.16 Å². The van der Waals surface area contributed by atoms with Crippen LogP contribution in [0.25, 0.3) is 27.6 Å². The third kappa shape index (κ3) is 2.54. The molecule has 0 aliphatic rings. The Morgan fingerprint density at radius 3 is 2.81 bits per heavy atom. The molecule has 0 aliphatic heterocycles. The van der Waals surface area contributed by atoms with Crippen LogP contribution in [0, 0.1) is 12.3 Å². The molecule has 2 heterocycles. The van der Waals surface area contributed by atoms with Crippen LogP contribution in [-0.4, -0.2) is 27.4 Å². The highest BCUT2D eigenvalue weighted by Gasteiger charge is 2.18. The molecule has 0 spiro atoms. The number of hydrogen-bond donors (Lipinski definition) is 1. The van der Waals surface area contributed by atoms with Crippen molar-refractivity contribution in [2.75, 3.05) is 12.9 Å². The second-order valence-electron chi connectivity index (χ2n) is 5.59. The number of nitrogens with one attached hydrogen (secondary N) is 1. The van der Waals surface area contributed by atoms with Gasteiger partial charge in [0.2, 0.25) is 0 Å². The Labute approximate surface area is 154 Å². The number of rotatable bonds is 4. The third-order valence-electron chi connectivity index (χ3n) is 4.11. The van der Waals surface area contributed by atoms with E-state index in [-0.39, 0.29) is 5.56 Å². The minimum atomic E-state index is -0.185. The molecule has 4 aromatic rings. The van der Waals surface area contributed by atoms with Crippen molar-refractivity contribution in [2.24, 2.45) is 0 Å². The Bertz CT molecular complexity index is 1220. The van der Waals surface area contributed by atoms with E-state index in [1.807, 2.05) is 48.5 Å². The van der Waals surface area contributed by atoms with Crippen molar-refractivity contribution < 1.29 is 4.74 Å². The fourth-order valence-corrected chi connectivity index (χ4v) is 3.65. The molecule has 0 amide bonds. The fraction of sp³-hybridized carbons (Fsp3) is 0.100. The topological polar surface area (TPSA) is 59.9 Å². The molecule has 0 atom stereocenters. The molecule has 1 N–H and O–H groups in total. The summed E-state index contributed by atoms with van der Waals surface area (Å²) in [5.74, 6) is 3.59. The number of terminal acetylenes is 1. The minimum Gasteiger partial charge on any atom is -0.495 e. The summed E-state index contributed by atoms with van der Waals surface area (Å²) in [6.45, 7) is 0. The molecule has 26 heavy (non-hydrogen) atoms. The predicted octanol–water partition coefficient (Wildman–Crippen LogP) is 3.60. The number of methoxy groups -OCH3 is 1. The van der Waals surface area contributed by atoms with Crippen LogP contribution < -0.4 is 10.3 Å². The molecule has 2 aromatic heterocycles. The van der Waals surface area contributed by atoms with E-state index in [4.69, 9.17) is 16.1 Å². The van der Waals surface area contributed by atoms with E-state index in [1.165, 1.54) is 11.8 Å². The van der Waals surface area contributed by atoms with E-state index < -0.39 is 0 Å². The summed E-state index contributed by atoms with van der Waals surface area (Å²) >= 11 is 1.35. The fourth-order valence-electron chi connectivity index (χ4n) is 2.97. The summed E-state index contributed by atoms with van der Waals surface area (Å²) in [7, 11) is 1.58. The van der Waals surface area contributed by atoms with Crippen molar-refractivity contribution in [3.05, 3.63) is 58.9 Å². The first-order valence-electron chi connectivity index (χ1n) is 7.97. The van der Waals surface area contributed by atoms with Gasteiger partial charge in [0.1, 0.15) is 16.8 Å². The largest absolute Gasteiger partial charge is 0.495 e. The van der Waals surface area contributed by atoms with E-state index >= 15 is 0 Å². The highest BCUT2D eigenvalue weighted by Crippen LogP contribution is 2.29. The predicted molar refractivity (Wildman–Crippen MR) is 105 cm³/mol. The van der Waals surface area contributed by atoms with Gasteiger partial charge >= 0.3 is 0 Å². The molecule has 0 saturated heterocycles. The van der Waals surface area contributed by atoms with Crippen molar-refractivity contribution in [3.63, 3.8) is 0 Å². The Balaban J connectivity index is 2.10. The highest BCUT2D eigenvalue weighted by molar-refractivity contribution is 7.99. The maximum Gasteiger partial charge on any atom is 0.283 e. The van der Waals surface area contributed by atoms with Gasteiger partial charge in [0.25, 0.3) is 5.56 Å². The molecule has 0 bridgehead atoms. The van der Waals surface area contributed by atoms with Gasteiger partial charge in [-0.25, -0.2) is 9.55 Å². The third-order valence-corrected chi connectivity index (χ3v) is 4.95. The number of aromatic nitrogens is 3. The number of nitrogens with zero attached hydrogens (tertiary/aromatic N) is 2. The molecule has 128 valence electrons. The Morgan fingerprint density at radius 2 is 2.00 bits per heavy atom. The van der Waals surface area contributed by atoms with Crippen LogP contribution >= 0.6 is 11.8 Å². The van der Waals surface area contributed by atoms with Crippen LogP contribution in [0.2, 0.25) is 0 Å². The van der Waals surface area contributed by atoms with E-state index in [2.05, 4.69) is 10.9 Å². The lowest BCUT2D eigenvalue weighted by atomic mass is 10.2. The summed E-state index contributed by atoms with van der Waals surface area (Å²) in [5.41, 5.74) is 2.43. The van der Waals surface area contributed by atoms with E-state index in [1.54, 1.807) is 11.7 Å². The quantitative estimate of drug-likeness (QED) is 0.343. The molecule has 2 aromatic carbocycles. The molecule has 0 radical (unpaired) electrons. The molecule has 0 unspecified atom stereocenters. The lowest BCUT2D eigenvalue weighted by molar-refractivity contribution is 0.411. The summed E-state index contributed by atoms with van der Waals surface area (Å²) < 4.78 is 6.99. The highest BCUT2D eigenvalue weighted by atomic mass is 32.2. The first kappa shape index (κ1) is 16.3. The molecule has 4 rings (SSSR count). The summed E-state index contributed by atoms with van der Waals surface area (Å²) in [6.07, 6.45) is 5.43. The number of aromatic amines is 1. The van der Waals surface area contributed by atoms with Gasteiger partial charge in [0.05, 0.1) is 18.6 Å². The van der Waals surface area contributed by atoms with Crippen LogP contribution in [0.3, 0.4) is 0 Å². The average molecular weight is 361 g/mol.